The summed E-state index contributed by atoms with van der Waals surface area (Å²) in [5.41, 5.74) is 2.18. The summed E-state index contributed by atoms with van der Waals surface area (Å²) in [6.45, 7) is 12.8. The Bertz CT molecular complexity index is 419. The lowest BCUT2D eigenvalue weighted by atomic mass is 10.0. The summed E-state index contributed by atoms with van der Waals surface area (Å²) in [5, 5.41) is 12.9. The van der Waals surface area contributed by atoms with Crippen molar-refractivity contribution in [1.82, 2.24) is 5.32 Å². The minimum atomic E-state index is 0.339. The van der Waals surface area contributed by atoms with Crippen LogP contribution in [-0.4, -0.2) is 17.7 Å². The fourth-order valence-corrected chi connectivity index (χ4v) is 3.22. The van der Waals surface area contributed by atoms with Gasteiger partial charge in [0.05, 0.1) is 0 Å². The number of rotatable bonds is 5. The van der Waals surface area contributed by atoms with Crippen LogP contribution in [0.2, 0.25) is 0 Å². The van der Waals surface area contributed by atoms with Crippen LogP contribution in [0.3, 0.4) is 0 Å². The molecule has 0 saturated heterocycles. The molecule has 1 atom stereocenters. The smallest absolute Gasteiger partial charge is 0.115 e. The molecule has 0 heterocycles. The zero-order valence-corrected chi connectivity index (χ0v) is 12.8. The summed E-state index contributed by atoms with van der Waals surface area (Å²) in [6, 6.07) is 7.98. The van der Waals surface area contributed by atoms with Gasteiger partial charge < -0.3 is 10.4 Å². The molecule has 0 radical (unpaired) electrons. The minimum Gasteiger partial charge on any atom is -0.508 e. The summed E-state index contributed by atoms with van der Waals surface area (Å²) in [6.07, 6.45) is 1.01. The van der Waals surface area contributed by atoms with Crippen LogP contribution in [0.1, 0.15) is 40.2 Å². The standard InChI is InChI=1S/C17H27NO/c1-12(10-13-6-8-14(19)9-7-13)18-11-15-16(2,3)17(15,4)5/h6-9,12,15,18-19H,10-11H2,1-5H3. The zero-order valence-electron chi connectivity index (χ0n) is 12.8. The van der Waals surface area contributed by atoms with Crippen LogP contribution in [0.4, 0.5) is 0 Å². The van der Waals surface area contributed by atoms with Crippen LogP contribution >= 0.6 is 0 Å². The van der Waals surface area contributed by atoms with Gasteiger partial charge in [0.25, 0.3) is 0 Å². The zero-order chi connectivity index (χ0) is 14.3. The van der Waals surface area contributed by atoms with Crippen LogP contribution in [0.15, 0.2) is 24.3 Å². The molecule has 19 heavy (non-hydrogen) atoms. The fraction of sp³-hybridized carbons (Fsp3) is 0.647. The van der Waals surface area contributed by atoms with Crippen molar-refractivity contribution in [2.45, 2.75) is 47.1 Å². The quantitative estimate of drug-likeness (QED) is 0.849. The molecular formula is C17H27NO. The lowest BCUT2D eigenvalue weighted by Crippen LogP contribution is -2.31. The maximum absolute atomic E-state index is 9.27. The van der Waals surface area contributed by atoms with Gasteiger partial charge in [0.2, 0.25) is 0 Å². The van der Waals surface area contributed by atoms with E-state index in [0.717, 1.165) is 18.9 Å². The highest BCUT2D eigenvalue weighted by Crippen LogP contribution is 2.67. The normalized spacial score (nSPS) is 22.2. The largest absolute Gasteiger partial charge is 0.508 e. The molecule has 2 heteroatoms. The predicted octanol–water partition coefficient (Wildman–Crippen LogP) is 3.60. The van der Waals surface area contributed by atoms with E-state index in [2.05, 4.69) is 39.9 Å². The first-order valence-corrected chi connectivity index (χ1v) is 7.26. The van der Waals surface area contributed by atoms with Crippen LogP contribution in [0, 0.1) is 16.7 Å². The lowest BCUT2D eigenvalue weighted by molar-refractivity contribution is 0.457. The summed E-state index contributed by atoms with van der Waals surface area (Å²) >= 11 is 0. The molecule has 1 aliphatic carbocycles. The third-order valence-electron chi connectivity index (χ3n) is 5.47. The van der Waals surface area contributed by atoms with Gasteiger partial charge in [-0.3, -0.25) is 0 Å². The average molecular weight is 261 g/mol. The Morgan fingerprint density at radius 1 is 1.11 bits per heavy atom. The highest BCUT2D eigenvalue weighted by atomic mass is 16.3. The van der Waals surface area contributed by atoms with E-state index in [9.17, 15) is 5.11 Å². The molecule has 1 fully saturated rings. The number of aromatic hydroxyl groups is 1. The van der Waals surface area contributed by atoms with E-state index in [1.807, 2.05) is 12.1 Å². The fourth-order valence-electron chi connectivity index (χ4n) is 3.22. The molecular weight excluding hydrogens is 234 g/mol. The molecule has 1 aromatic rings. The van der Waals surface area contributed by atoms with Gasteiger partial charge in [-0.2, -0.15) is 0 Å². The second-order valence-corrected chi connectivity index (χ2v) is 7.18. The van der Waals surface area contributed by atoms with Crippen molar-refractivity contribution in [3.63, 3.8) is 0 Å². The van der Waals surface area contributed by atoms with Crippen molar-refractivity contribution in [3.8, 4) is 5.75 Å². The lowest BCUT2D eigenvalue weighted by Gasteiger charge is -2.15. The van der Waals surface area contributed by atoms with E-state index in [-0.39, 0.29) is 0 Å². The van der Waals surface area contributed by atoms with Crippen LogP contribution < -0.4 is 5.32 Å². The molecule has 1 aliphatic rings. The first-order chi connectivity index (χ1) is 8.75. The monoisotopic (exact) mass is 261 g/mol. The number of phenols is 1. The molecule has 1 unspecified atom stereocenters. The predicted molar refractivity (Wildman–Crippen MR) is 80.3 cm³/mol. The maximum atomic E-state index is 9.27. The average Bonchev–Trinajstić information content (AvgIpc) is 2.70. The molecule has 2 rings (SSSR count). The van der Waals surface area contributed by atoms with E-state index in [0.29, 0.717) is 22.6 Å². The van der Waals surface area contributed by atoms with Gasteiger partial charge in [-0.25, -0.2) is 0 Å². The van der Waals surface area contributed by atoms with E-state index in [4.69, 9.17) is 0 Å². The van der Waals surface area contributed by atoms with Gasteiger partial charge in [0.1, 0.15) is 5.75 Å². The van der Waals surface area contributed by atoms with Gasteiger partial charge >= 0.3 is 0 Å². The third-order valence-corrected chi connectivity index (χ3v) is 5.47. The van der Waals surface area contributed by atoms with E-state index in [1.54, 1.807) is 12.1 Å². The molecule has 0 bridgehead atoms. The highest BCUT2D eigenvalue weighted by molar-refractivity contribution is 5.26. The van der Waals surface area contributed by atoms with Crippen molar-refractivity contribution < 1.29 is 5.11 Å². The number of hydrogen-bond acceptors (Lipinski definition) is 2. The van der Waals surface area contributed by atoms with Crippen LogP contribution in [0.25, 0.3) is 0 Å². The van der Waals surface area contributed by atoms with Crippen LogP contribution in [-0.2, 0) is 6.42 Å². The topological polar surface area (TPSA) is 32.3 Å². The third kappa shape index (κ3) is 2.79. The second-order valence-electron chi connectivity index (χ2n) is 7.18. The van der Waals surface area contributed by atoms with Crippen molar-refractivity contribution in [2.75, 3.05) is 6.54 Å². The van der Waals surface area contributed by atoms with Crippen molar-refractivity contribution in [3.05, 3.63) is 29.8 Å². The summed E-state index contributed by atoms with van der Waals surface area (Å²) < 4.78 is 0. The Balaban J connectivity index is 1.80. The Hall–Kier alpha value is -1.02. The SMILES string of the molecule is CC(Cc1ccc(O)cc1)NCC1C(C)(C)C1(C)C. The summed E-state index contributed by atoms with van der Waals surface area (Å²) in [7, 11) is 0. The van der Waals surface area contributed by atoms with Gasteiger partial charge in [0, 0.05) is 6.04 Å². The first kappa shape index (κ1) is 14.4. The van der Waals surface area contributed by atoms with Gasteiger partial charge in [-0.1, -0.05) is 39.8 Å². The molecule has 0 spiro atoms. The Kier molecular flexibility index (Phi) is 3.65. The Morgan fingerprint density at radius 2 is 1.63 bits per heavy atom. The Morgan fingerprint density at radius 3 is 2.11 bits per heavy atom. The molecule has 1 saturated carbocycles. The van der Waals surface area contributed by atoms with Crippen molar-refractivity contribution in [1.29, 1.82) is 0 Å². The molecule has 2 nitrogen and oxygen atoms in total. The highest BCUT2D eigenvalue weighted by Gasteiger charge is 2.63. The Labute approximate surface area is 117 Å². The number of benzene rings is 1. The molecule has 106 valence electrons. The molecule has 0 amide bonds. The number of hydrogen-bond donors (Lipinski definition) is 2. The van der Waals surface area contributed by atoms with E-state index in [1.165, 1.54) is 5.56 Å². The first-order valence-electron chi connectivity index (χ1n) is 7.26. The maximum Gasteiger partial charge on any atom is 0.115 e. The summed E-state index contributed by atoms with van der Waals surface area (Å²) in [5.74, 6) is 1.10. The second kappa shape index (κ2) is 4.82. The van der Waals surface area contributed by atoms with Gasteiger partial charge in [0.15, 0.2) is 0 Å². The van der Waals surface area contributed by atoms with Crippen molar-refractivity contribution >= 4 is 0 Å². The van der Waals surface area contributed by atoms with Crippen LogP contribution in [0.5, 0.6) is 5.75 Å². The summed E-state index contributed by atoms with van der Waals surface area (Å²) in [4.78, 5) is 0. The van der Waals surface area contributed by atoms with Gasteiger partial charge in [-0.15, -0.1) is 0 Å². The molecule has 0 aliphatic heterocycles. The number of phenolic OH excluding ortho intramolecular Hbond substituents is 1. The van der Waals surface area contributed by atoms with E-state index < -0.39 is 0 Å². The molecule has 1 aromatic carbocycles. The van der Waals surface area contributed by atoms with Gasteiger partial charge in [-0.05, 0) is 54.3 Å². The minimum absolute atomic E-state index is 0.339. The molecule has 2 N–H and O–H groups in total. The number of nitrogens with one attached hydrogen (secondary N) is 1. The molecule has 0 aromatic heterocycles. The van der Waals surface area contributed by atoms with E-state index >= 15 is 0 Å². The van der Waals surface area contributed by atoms with Crippen molar-refractivity contribution in [2.24, 2.45) is 16.7 Å².